The van der Waals surface area contributed by atoms with Gasteiger partial charge in [-0.3, -0.25) is 14.9 Å². The van der Waals surface area contributed by atoms with Gasteiger partial charge in [-0.1, -0.05) is 23.2 Å². The summed E-state index contributed by atoms with van der Waals surface area (Å²) in [5.41, 5.74) is 2.93. The molecule has 7 nitrogen and oxygen atoms in total. The molecule has 0 saturated heterocycles. The van der Waals surface area contributed by atoms with Crippen molar-refractivity contribution in [2.24, 2.45) is 5.73 Å². The number of nitro benzene ring substituents is 1. The van der Waals surface area contributed by atoms with E-state index in [1.54, 1.807) is 0 Å². The van der Waals surface area contributed by atoms with Crippen molar-refractivity contribution in [2.75, 3.05) is 6.61 Å². The van der Waals surface area contributed by atoms with Crippen molar-refractivity contribution >= 4 is 40.6 Å². The Kier molecular flexibility index (Phi) is 5.84. The van der Waals surface area contributed by atoms with Crippen LogP contribution in [0.5, 0.6) is 0 Å². The fourth-order valence-electron chi connectivity index (χ4n) is 1.51. The van der Waals surface area contributed by atoms with E-state index < -0.39 is 49.4 Å². The molecule has 0 atom stereocenters. The van der Waals surface area contributed by atoms with Gasteiger partial charge in [0.2, 0.25) is 5.78 Å². The third-order valence-corrected chi connectivity index (χ3v) is 3.21. The molecule has 2 N–H and O–H groups in total. The molecule has 0 heterocycles. The van der Waals surface area contributed by atoms with E-state index in [-0.39, 0.29) is 6.61 Å². The normalized spacial score (nSPS) is 11.2. The zero-order chi connectivity index (χ0) is 17.0. The predicted octanol–water partition coefficient (Wildman–Crippen LogP) is 2.63. The largest absolute Gasteiger partial charge is 0.462 e. The lowest BCUT2D eigenvalue weighted by atomic mass is 10.0. The SMILES string of the molecule is CCOC(=O)/C(=C/N)C(=O)c1cc(F)c(Cl)c([N+](=O)[O-])c1Cl. The first-order valence-electron chi connectivity index (χ1n) is 5.71. The highest BCUT2D eigenvalue weighted by molar-refractivity contribution is 6.42. The molecule has 0 aromatic heterocycles. The Labute approximate surface area is 133 Å². The summed E-state index contributed by atoms with van der Waals surface area (Å²) in [7, 11) is 0. The topological polar surface area (TPSA) is 113 Å². The second-order valence-corrected chi connectivity index (χ2v) is 4.53. The molecule has 0 bridgehead atoms. The van der Waals surface area contributed by atoms with Crippen molar-refractivity contribution in [3.05, 3.63) is 49.4 Å². The maximum Gasteiger partial charge on any atom is 0.343 e. The van der Waals surface area contributed by atoms with E-state index in [1.165, 1.54) is 6.92 Å². The summed E-state index contributed by atoms with van der Waals surface area (Å²) < 4.78 is 18.2. The third kappa shape index (κ3) is 3.34. The average Bonchev–Trinajstić information content (AvgIpc) is 2.43. The Morgan fingerprint density at radius 1 is 1.45 bits per heavy atom. The summed E-state index contributed by atoms with van der Waals surface area (Å²) in [5.74, 6) is -3.42. The minimum absolute atomic E-state index is 0.0354. The Bertz CT molecular complexity index is 691. The van der Waals surface area contributed by atoms with E-state index in [9.17, 15) is 24.1 Å². The number of benzene rings is 1. The molecule has 0 fully saturated rings. The van der Waals surface area contributed by atoms with Gasteiger partial charge in [0.1, 0.15) is 16.4 Å². The van der Waals surface area contributed by atoms with E-state index in [0.29, 0.717) is 12.3 Å². The molecule has 0 aliphatic heterocycles. The minimum atomic E-state index is -1.23. The van der Waals surface area contributed by atoms with Crippen molar-refractivity contribution < 1.29 is 23.6 Å². The Balaban J connectivity index is 3.47. The zero-order valence-corrected chi connectivity index (χ0v) is 12.6. The van der Waals surface area contributed by atoms with Gasteiger partial charge in [-0.05, 0) is 13.0 Å². The van der Waals surface area contributed by atoms with E-state index in [2.05, 4.69) is 4.74 Å². The van der Waals surface area contributed by atoms with Crippen LogP contribution in [0.3, 0.4) is 0 Å². The molecule has 0 unspecified atom stereocenters. The first-order valence-corrected chi connectivity index (χ1v) is 6.47. The number of ether oxygens (including phenoxy) is 1. The van der Waals surface area contributed by atoms with Crippen molar-refractivity contribution in [3.63, 3.8) is 0 Å². The molecule has 1 aromatic rings. The van der Waals surface area contributed by atoms with Gasteiger partial charge < -0.3 is 10.5 Å². The molecule has 1 aromatic carbocycles. The second-order valence-electron chi connectivity index (χ2n) is 3.77. The van der Waals surface area contributed by atoms with Crippen LogP contribution in [-0.4, -0.2) is 23.3 Å². The molecule has 22 heavy (non-hydrogen) atoms. The molecule has 0 amide bonds. The first-order chi connectivity index (χ1) is 10.3. The number of carbonyl (C=O) groups excluding carboxylic acids is 2. The Morgan fingerprint density at radius 2 is 2.05 bits per heavy atom. The smallest absolute Gasteiger partial charge is 0.343 e. The number of nitrogens with zero attached hydrogens (tertiary/aromatic N) is 1. The maximum absolute atomic E-state index is 13.6. The van der Waals surface area contributed by atoms with Crippen LogP contribution in [0.25, 0.3) is 0 Å². The van der Waals surface area contributed by atoms with Crippen molar-refractivity contribution in [2.45, 2.75) is 6.92 Å². The van der Waals surface area contributed by atoms with Crippen LogP contribution < -0.4 is 5.73 Å². The second kappa shape index (κ2) is 7.19. The summed E-state index contributed by atoms with van der Waals surface area (Å²) in [5, 5.41) is 9.32. The zero-order valence-electron chi connectivity index (χ0n) is 11.1. The van der Waals surface area contributed by atoms with Gasteiger partial charge >= 0.3 is 11.7 Å². The average molecular weight is 351 g/mol. The van der Waals surface area contributed by atoms with Gasteiger partial charge in [0.15, 0.2) is 5.02 Å². The van der Waals surface area contributed by atoms with Crippen molar-refractivity contribution in [1.29, 1.82) is 0 Å². The lowest BCUT2D eigenvalue weighted by Gasteiger charge is -2.08. The number of esters is 1. The van der Waals surface area contributed by atoms with Gasteiger partial charge in [-0.2, -0.15) is 0 Å². The highest BCUT2D eigenvalue weighted by atomic mass is 35.5. The lowest BCUT2D eigenvalue weighted by molar-refractivity contribution is -0.384. The Morgan fingerprint density at radius 3 is 2.50 bits per heavy atom. The molecular weight excluding hydrogens is 342 g/mol. The van der Waals surface area contributed by atoms with Crippen LogP contribution >= 0.6 is 23.2 Å². The molecule has 0 saturated carbocycles. The maximum atomic E-state index is 13.6. The van der Waals surface area contributed by atoms with E-state index >= 15 is 0 Å². The van der Waals surface area contributed by atoms with Crippen LogP contribution in [-0.2, 0) is 9.53 Å². The van der Waals surface area contributed by atoms with Crippen LogP contribution in [0.15, 0.2) is 17.8 Å². The van der Waals surface area contributed by atoms with Gasteiger partial charge in [-0.25, -0.2) is 9.18 Å². The van der Waals surface area contributed by atoms with E-state index in [1.807, 2.05) is 0 Å². The van der Waals surface area contributed by atoms with Crippen LogP contribution in [0.2, 0.25) is 10.0 Å². The summed E-state index contributed by atoms with van der Waals surface area (Å²) in [6.07, 6.45) is 0.648. The fraction of sp³-hybridized carbons (Fsp3) is 0.167. The molecule has 0 spiro atoms. The monoisotopic (exact) mass is 350 g/mol. The number of nitrogens with two attached hydrogens (primary N) is 1. The highest BCUT2D eigenvalue weighted by Gasteiger charge is 2.31. The summed E-state index contributed by atoms with van der Waals surface area (Å²) in [4.78, 5) is 33.6. The number of carbonyl (C=O) groups is 2. The number of ketones is 1. The number of Topliss-reactive ketones (excluding diaryl/α,β-unsaturated/α-hetero) is 1. The van der Waals surface area contributed by atoms with Gasteiger partial charge in [0.25, 0.3) is 0 Å². The minimum Gasteiger partial charge on any atom is -0.462 e. The quantitative estimate of drug-likeness (QED) is 0.128. The van der Waals surface area contributed by atoms with Crippen LogP contribution in [0.1, 0.15) is 17.3 Å². The number of hydrogen-bond acceptors (Lipinski definition) is 6. The lowest BCUT2D eigenvalue weighted by Crippen LogP contribution is -2.18. The first kappa shape index (κ1) is 17.9. The molecule has 0 aliphatic carbocycles. The van der Waals surface area contributed by atoms with Crippen molar-refractivity contribution in [3.8, 4) is 0 Å². The molecule has 0 radical (unpaired) electrons. The number of hydrogen-bond donors (Lipinski definition) is 1. The molecular formula is C12H9Cl2FN2O5. The van der Waals surface area contributed by atoms with Crippen LogP contribution in [0.4, 0.5) is 10.1 Å². The Hall–Kier alpha value is -2.19. The molecule has 0 aliphatic rings. The fourth-order valence-corrected chi connectivity index (χ4v) is 2.08. The van der Waals surface area contributed by atoms with Crippen LogP contribution in [0, 0.1) is 15.9 Å². The summed E-state index contributed by atoms with van der Waals surface area (Å²) in [6, 6.07) is 0.586. The number of halogens is 3. The predicted molar refractivity (Wildman–Crippen MR) is 76.3 cm³/mol. The van der Waals surface area contributed by atoms with Gasteiger partial charge in [-0.15, -0.1) is 0 Å². The number of nitro groups is 1. The van der Waals surface area contributed by atoms with Crippen molar-refractivity contribution in [1.82, 2.24) is 0 Å². The number of rotatable bonds is 5. The summed E-state index contributed by atoms with van der Waals surface area (Å²) >= 11 is 11.2. The van der Waals surface area contributed by atoms with E-state index in [0.717, 1.165) is 0 Å². The summed E-state index contributed by atoms with van der Waals surface area (Å²) in [6.45, 7) is 1.46. The molecule has 10 heteroatoms. The van der Waals surface area contributed by atoms with Gasteiger partial charge in [0, 0.05) is 6.20 Å². The molecule has 1 rings (SSSR count). The van der Waals surface area contributed by atoms with Gasteiger partial charge in [0.05, 0.1) is 17.1 Å². The highest BCUT2D eigenvalue weighted by Crippen LogP contribution is 2.38. The standard InChI is InChI=1S/C12H9Cl2FN2O5/c1-2-22-12(19)6(4-16)11(18)5-3-7(15)9(14)10(8(5)13)17(20)21/h3-4H,2,16H2,1H3/b6-4+. The van der Waals surface area contributed by atoms with E-state index in [4.69, 9.17) is 28.9 Å². The third-order valence-electron chi connectivity index (χ3n) is 2.47. The molecule has 118 valence electrons.